The Bertz CT molecular complexity index is 358. The largest absolute Gasteiger partial charge is 0.376 e. The highest BCUT2D eigenvalue weighted by atomic mass is 79.9. The van der Waals surface area contributed by atoms with Gasteiger partial charge in [0.1, 0.15) is 0 Å². The van der Waals surface area contributed by atoms with Crippen molar-refractivity contribution in [2.75, 3.05) is 11.9 Å². The van der Waals surface area contributed by atoms with Crippen molar-refractivity contribution >= 4 is 31.9 Å². The third-order valence-corrected chi connectivity index (χ3v) is 4.44. The van der Waals surface area contributed by atoms with E-state index in [9.17, 15) is 0 Å². The van der Waals surface area contributed by atoms with Gasteiger partial charge in [-0.25, -0.2) is 0 Å². The lowest BCUT2D eigenvalue weighted by atomic mass is 9.98. The Hall–Kier alpha value is 0.140. The molecule has 0 saturated carbocycles. The summed E-state index contributed by atoms with van der Waals surface area (Å²) in [4.78, 5) is 0. The second-order valence-electron chi connectivity index (χ2n) is 5.57. The van der Waals surface area contributed by atoms with Gasteiger partial charge in [-0.3, -0.25) is 0 Å². The van der Waals surface area contributed by atoms with Gasteiger partial charge in [0.05, 0.1) is 5.60 Å². The first kappa shape index (κ1) is 16.2. The molecule has 0 aromatic heterocycles. The normalized spacial score (nSPS) is 13.6. The number of halogens is 2. The Labute approximate surface area is 128 Å². The average Bonchev–Trinajstić information content (AvgIpc) is 2.29. The second kappa shape index (κ2) is 7.66. The summed E-state index contributed by atoms with van der Waals surface area (Å²) >= 11 is 7.22. The molecule has 0 aliphatic heterocycles. The third kappa shape index (κ3) is 6.35. The van der Waals surface area contributed by atoms with Crippen LogP contribution in [0.3, 0.4) is 0 Å². The summed E-state index contributed by atoms with van der Waals surface area (Å²) in [5, 5.41) is 1.02. The first-order valence-corrected chi connectivity index (χ1v) is 8.27. The molecule has 0 amide bonds. The summed E-state index contributed by atoms with van der Waals surface area (Å²) < 4.78 is 7.00. The van der Waals surface area contributed by atoms with Crippen LogP contribution in [0.25, 0.3) is 0 Å². The first-order valence-electron chi connectivity index (χ1n) is 6.35. The number of rotatable bonds is 6. The van der Waals surface area contributed by atoms with Gasteiger partial charge in [0.15, 0.2) is 0 Å². The van der Waals surface area contributed by atoms with Gasteiger partial charge in [0.2, 0.25) is 0 Å². The van der Waals surface area contributed by atoms with E-state index in [-0.39, 0.29) is 5.60 Å². The zero-order valence-corrected chi connectivity index (χ0v) is 14.6. The summed E-state index contributed by atoms with van der Waals surface area (Å²) in [6, 6.07) is 8.44. The molecular weight excluding hydrogens is 356 g/mol. The molecule has 0 aliphatic carbocycles. The molecule has 18 heavy (non-hydrogen) atoms. The number of ether oxygens (including phenoxy) is 1. The fourth-order valence-corrected chi connectivity index (χ4v) is 2.74. The lowest BCUT2D eigenvalue weighted by Gasteiger charge is -2.22. The van der Waals surface area contributed by atoms with Crippen LogP contribution in [0.2, 0.25) is 0 Å². The highest BCUT2D eigenvalue weighted by molar-refractivity contribution is 9.10. The minimum absolute atomic E-state index is 0.0375. The SMILES string of the molecule is CC(C)(C)OCCC(CBr)Cc1ccccc1Br. The molecule has 3 heteroatoms. The molecule has 1 atom stereocenters. The molecule has 0 fully saturated rings. The van der Waals surface area contributed by atoms with E-state index in [1.165, 1.54) is 10.0 Å². The zero-order valence-electron chi connectivity index (χ0n) is 11.4. The Balaban J connectivity index is 2.45. The number of hydrogen-bond acceptors (Lipinski definition) is 1. The van der Waals surface area contributed by atoms with Crippen LogP contribution < -0.4 is 0 Å². The summed E-state index contributed by atoms with van der Waals surface area (Å²) in [5.74, 6) is 0.617. The third-order valence-electron chi connectivity index (χ3n) is 2.75. The minimum Gasteiger partial charge on any atom is -0.376 e. The van der Waals surface area contributed by atoms with Crippen molar-refractivity contribution in [3.05, 3.63) is 34.3 Å². The molecule has 1 nitrogen and oxygen atoms in total. The Kier molecular flexibility index (Phi) is 6.89. The van der Waals surface area contributed by atoms with Crippen LogP contribution in [0.4, 0.5) is 0 Å². The van der Waals surface area contributed by atoms with E-state index in [4.69, 9.17) is 4.74 Å². The topological polar surface area (TPSA) is 9.23 Å². The molecule has 1 unspecified atom stereocenters. The molecule has 1 aromatic carbocycles. The maximum Gasteiger partial charge on any atom is 0.0598 e. The molecule has 102 valence electrons. The molecule has 0 saturated heterocycles. The van der Waals surface area contributed by atoms with E-state index in [0.717, 1.165) is 24.8 Å². The molecule has 0 heterocycles. The van der Waals surface area contributed by atoms with Gasteiger partial charge in [-0.15, -0.1) is 0 Å². The van der Waals surface area contributed by atoms with E-state index in [1.807, 2.05) is 0 Å². The molecule has 1 rings (SSSR count). The highest BCUT2D eigenvalue weighted by Gasteiger charge is 2.14. The maximum atomic E-state index is 5.80. The molecular formula is C15H22Br2O. The minimum atomic E-state index is -0.0375. The lowest BCUT2D eigenvalue weighted by molar-refractivity contribution is -0.00822. The predicted molar refractivity (Wildman–Crippen MR) is 85.5 cm³/mol. The monoisotopic (exact) mass is 376 g/mol. The van der Waals surface area contributed by atoms with Crippen LogP contribution in [0.15, 0.2) is 28.7 Å². The van der Waals surface area contributed by atoms with E-state index in [0.29, 0.717) is 5.92 Å². The second-order valence-corrected chi connectivity index (χ2v) is 7.07. The van der Waals surface area contributed by atoms with Crippen LogP contribution in [0.5, 0.6) is 0 Å². The van der Waals surface area contributed by atoms with Crippen molar-refractivity contribution in [2.45, 2.75) is 39.2 Å². The maximum absolute atomic E-state index is 5.80. The van der Waals surface area contributed by atoms with Gasteiger partial charge < -0.3 is 4.74 Å². The van der Waals surface area contributed by atoms with Crippen molar-refractivity contribution in [3.63, 3.8) is 0 Å². The van der Waals surface area contributed by atoms with E-state index in [2.05, 4.69) is 76.9 Å². The molecule has 1 aromatic rings. The van der Waals surface area contributed by atoms with Crippen molar-refractivity contribution in [3.8, 4) is 0 Å². The van der Waals surface area contributed by atoms with Gasteiger partial charge >= 0.3 is 0 Å². The summed E-state index contributed by atoms with van der Waals surface area (Å²) in [6.07, 6.45) is 2.17. The van der Waals surface area contributed by atoms with Crippen molar-refractivity contribution in [2.24, 2.45) is 5.92 Å². The molecule has 0 radical (unpaired) electrons. The number of benzene rings is 1. The quantitative estimate of drug-likeness (QED) is 0.618. The fraction of sp³-hybridized carbons (Fsp3) is 0.600. The summed E-state index contributed by atoms with van der Waals surface area (Å²) in [7, 11) is 0. The molecule has 0 bridgehead atoms. The van der Waals surface area contributed by atoms with Gasteiger partial charge in [-0.2, -0.15) is 0 Å². The van der Waals surface area contributed by atoms with Crippen molar-refractivity contribution in [1.29, 1.82) is 0 Å². The van der Waals surface area contributed by atoms with E-state index in [1.54, 1.807) is 0 Å². The lowest BCUT2D eigenvalue weighted by Crippen LogP contribution is -2.21. The van der Waals surface area contributed by atoms with Crippen molar-refractivity contribution in [1.82, 2.24) is 0 Å². The van der Waals surface area contributed by atoms with Gasteiger partial charge in [-0.1, -0.05) is 50.1 Å². The summed E-state index contributed by atoms with van der Waals surface area (Å²) in [5.41, 5.74) is 1.34. The molecule has 0 spiro atoms. The van der Waals surface area contributed by atoms with Gasteiger partial charge in [-0.05, 0) is 51.2 Å². The van der Waals surface area contributed by atoms with Gasteiger partial charge in [0, 0.05) is 16.4 Å². The van der Waals surface area contributed by atoms with Crippen molar-refractivity contribution < 1.29 is 4.74 Å². The first-order chi connectivity index (χ1) is 8.42. The standard InChI is InChI=1S/C15H22Br2O/c1-15(2,3)18-9-8-12(11-16)10-13-6-4-5-7-14(13)17/h4-7,12H,8-11H2,1-3H3. The van der Waals surface area contributed by atoms with Crippen LogP contribution in [0, 0.1) is 5.92 Å². The average molecular weight is 378 g/mol. The van der Waals surface area contributed by atoms with Gasteiger partial charge in [0.25, 0.3) is 0 Å². The predicted octanol–water partition coefficient (Wildman–Crippen LogP) is 5.21. The molecule has 0 N–H and O–H groups in total. The molecule has 0 aliphatic rings. The highest BCUT2D eigenvalue weighted by Crippen LogP contribution is 2.22. The van der Waals surface area contributed by atoms with E-state index >= 15 is 0 Å². The summed E-state index contributed by atoms with van der Waals surface area (Å²) in [6.45, 7) is 7.13. The smallest absolute Gasteiger partial charge is 0.0598 e. The number of alkyl halides is 1. The van der Waals surface area contributed by atoms with E-state index < -0.39 is 0 Å². The Morgan fingerprint density at radius 1 is 1.22 bits per heavy atom. The van der Waals surface area contributed by atoms with Crippen LogP contribution in [-0.2, 0) is 11.2 Å². The number of hydrogen-bond donors (Lipinski definition) is 0. The zero-order chi connectivity index (χ0) is 13.6. The van der Waals surface area contributed by atoms with Crippen LogP contribution in [-0.4, -0.2) is 17.5 Å². The Morgan fingerprint density at radius 3 is 2.44 bits per heavy atom. The fourth-order valence-electron chi connectivity index (χ4n) is 1.74. The van der Waals surface area contributed by atoms with Crippen LogP contribution in [0.1, 0.15) is 32.8 Å². The van der Waals surface area contributed by atoms with Crippen LogP contribution >= 0.6 is 31.9 Å². The Morgan fingerprint density at radius 2 is 1.89 bits per heavy atom.